The first-order chi connectivity index (χ1) is 14.9. The topological polar surface area (TPSA) is 137 Å². The van der Waals surface area contributed by atoms with Gasteiger partial charge in [0.05, 0.1) is 6.04 Å². The van der Waals surface area contributed by atoms with Crippen LogP contribution in [0.3, 0.4) is 0 Å². The Morgan fingerprint density at radius 3 is 1.62 bits per heavy atom. The molecule has 1 aliphatic rings. The van der Waals surface area contributed by atoms with E-state index in [0.717, 1.165) is 19.4 Å². The van der Waals surface area contributed by atoms with Gasteiger partial charge in [-0.2, -0.15) is 0 Å². The largest absolute Gasteiger partial charge is 0.480 e. The summed E-state index contributed by atoms with van der Waals surface area (Å²) in [5.74, 6) is -1.92. The van der Waals surface area contributed by atoms with E-state index in [4.69, 9.17) is 0 Å². The van der Waals surface area contributed by atoms with Crippen LogP contribution in [0.4, 0.5) is 0 Å². The highest BCUT2D eigenvalue weighted by molar-refractivity contribution is 5.94. The Hall–Kier alpha value is -2.16. The second kappa shape index (κ2) is 13.4. The Balaban J connectivity index is 2.91. The van der Waals surface area contributed by atoms with Gasteiger partial charge in [0.1, 0.15) is 18.1 Å². The maximum Gasteiger partial charge on any atom is 0.326 e. The predicted octanol–water partition coefficient (Wildman–Crippen LogP) is 1.42. The SMILES string of the molecule is CC(C)C[C@H](NC(=O)[C@H](CC(C)C)NC(=O)[C@H](CC(C)C)NC(=O)[C@@H]1CCCN1)C(=O)O. The number of carbonyl (C=O) groups is 4. The minimum absolute atomic E-state index is 0.0874. The van der Waals surface area contributed by atoms with Crippen LogP contribution in [0.25, 0.3) is 0 Å². The van der Waals surface area contributed by atoms with Crippen LogP contribution in [-0.4, -0.2) is 59.5 Å². The lowest BCUT2D eigenvalue weighted by Crippen LogP contribution is -2.57. The molecule has 9 nitrogen and oxygen atoms in total. The van der Waals surface area contributed by atoms with Crippen LogP contribution in [0, 0.1) is 17.8 Å². The summed E-state index contributed by atoms with van der Waals surface area (Å²) in [6.45, 7) is 12.3. The molecule has 0 spiro atoms. The third kappa shape index (κ3) is 9.97. The quantitative estimate of drug-likeness (QED) is 0.285. The smallest absolute Gasteiger partial charge is 0.326 e. The van der Waals surface area contributed by atoms with Crippen molar-refractivity contribution in [3.8, 4) is 0 Å². The van der Waals surface area contributed by atoms with E-state index in [-0.39, 0.29) is 29.7 Å². The lowest BCUT2D eigenvalue weighted by Gasteiger charge is -2.27. The molecule has 32 heavy (non-hydrogen) atoms. The van der Waals surface area contributed by atoms with Gasteiger partial charge >= 0.3 is 5.97 Å². The Labute approximate surface area is 191 Å². The number of carbonyl (C=O) groups excluding carboxylic acids is 3. The molecule has 1 heterocycles. The Morgan fingerprint density at radius 1 is 0.781 bits per heavy atom. The van der Waals surface area contributed by atoms with Crippen LogP contribution >= 0.6 is 0 Å². The molecule has 1 rings (SSSR count). The van der Waals surface area contributed by atoms with Crippen LogP contribution in [0.15, 0.2) is 0 Å². The maximum atomic E-state index is 13.1. The van der Waals surface area contributed by atoms with E-state index in [9.17, 15) is 24.3 Å². The Bertz CT molecular complexity index is 644. The fourth-order valence-electron chi connectivity index (χ4n) is 3.82. The molecule has 0 radical (unpaired) electrons. The van der Waals surface area contributed by atoms with Gasteiger partial charge in [0.2, 0.25) is 17.7 Å². The van der Waals surface area contributed by atoms with E-state index < -0.39 is 35.9 Å². The molecule has 0 aliphatic carbocycles. The summed E-state index contributed by atoms with van der Waals surface area (Å²) in [6, 6.07) is -2.97. The highest BCUT2D eigenvalue weighted by Gasteiger charge is 2.32. The molecule has 4 atom stereocenters. The second-order valence-electron chi connectivity index (χ2n) is 10.1. The summed E-state index contributed by atoms with van der Waals surface area (Å²) in [4.78, 5) is 50.1. The number of carboxylic acids is 1. The van der Waals surface area contributed by atoms with E-state index in [2.05, 4.69) is 21.3 Å². The zero-order valence-corrected chi connectivity index (χ0v) is 20.4. The van der Waals surface area contributed by atoms with Crippen LogP contribution in [0.1, 0.15) is 73.6 Å². The molecule has 0 unspecified atom stereocenters. The van der Waals surface area contributed by atoms with Crippen LogP contribution < -0.4 is 21.3 Å². The van der Waals surface area contributed by atoms with E-state index in [0.29, 0.717) is 19.3 Å². The molecule has 0 bridgehead atoms. The summed E-state index contributed by atoms with van der Waals surface area (Å²) in [5, 5.41) is 20.7. The lowest BCUT2D eigenvalue weighted by atomic mass is 9.99. The summed E-state index contributed by atoms with van der Waals surface area (Å²) in [7, 11) is 0. The number of nitrogens with one attached hydrogen (secondary N) is 4. The lowest BCUT2D eigenvalue weighted by molar-refractivity contribution is -0.143. The van der Waals surface area contributed by atoms with Gasteiger partial charge in [0.15, 0.2) is 0 Å². The molecule has 1 aliphatic heterocycles. The van der Waals surface area contributed by atoms with Gasteiger partial charge in [-0.25, -0.2) is 4.79 Å². The van der Waals surface area contributed by atoms with Gasteiger partial charge in [0.25, 0.3) is 0 Å². The highest BCUT2D eigenvalue weighted by atomic mass is 16.4. The van der Waals surface area contributed by atoms with Crippen molar-refractivity contribution in [2.45, 2.75) is 97.8 Å². The van der Waals surface area contributed by atoms with E-state index in [1.807, 2.05) is 41.5 Å². The monoisotopic (exact) mass is 454 g/mol. The third-order valence-electron chi connectivity index (χ3n) is 5.38. The Kier molecular flexibility index (Phi) is 11.7. The van der Waals surface area contributed by atoms with Gasteiger partial charge in [-0.3, -0.25) is 14.4 Å². The standard InChI is InChI=1S/C23H42N4O5/c1-13(2)10-17(25-20(28)16-8-7-9-24-16)21(29)26-18(11-14(3)4)22(30)27-19(23(31)32)12-15(5)6/h13-19,24H,7-12H2,1-6H3,(H,25,28)(H,26,29)(H,27,30)(H,31,32)/t16-,17-,18-,19-/m0/s1. The van der Waals surface area contributed by atoms with E-state index in [1.165, 1.54) is 0 Å². The second-order valence-corrected chi connectivity index (χ2v) is 10.1. The molecular weight excluding hydrogens is 412 g/mol. The van der Waals surface area contributed by atoms with Crippen molar-refractivity contribution in [3.63, 3.8) is 0 Å². The Morgan fingerprint density at radius 2 is 1.22 bits per heavy atom. The molecule has 0 saturated carbocycles. The number of carboxylic acid groups (broad SMARTS) is 1. The average Bonchev–Trinajstić information content (AvgIpc) is 3.20. The summed E-state index contributed by atoms with van der Waals surface area (Å²) in [5.41, 5.74) is 0. The van der Waals surface area contributed by atoms with Crippen molar-refractivity contribution in [2.75, 3.05) is 6.54 Å². The van der Waals surface area contributed by atoms with Crippen molar-refractivity contribution in [1.82, 2.24) is 21.3 Å². The minimum Gasteiger partial charge on any atom is -0.480 e. The summed E-state index contributed by atoms with van der Waals surface area (Å²) >= 11 is 0. The van der Waals surface area contributed by atoms with Crippen molar-refractivity contribution in [2.24, 2.45) is 17.8 Å². The van der Waals surface area contributed by atoms with Gasteiger partial charge in [-0.05, 0) is 56.4 Å². The molecule has 0 aromatic rings. The van der Waals surface area contributed by atoms with Gasteiger partial charge in [-0.1, -0.05) is 41.5 Å². The number of amides is 3. The maximum absolute atomic E-state index is 13.1. The molecule has 9 heteroatoms. The zero-order chi connectivity index (χ0) is 24.4. The number of aliphatic carboxylic acids is 1. The van der Waals surface area contributed by atoms with Crippen molar-refractivity contribution < 1.29 is 24.3 Å². The molecular formula is C23H42N4O5. The number of hydrogen-bond acceptors (Lipinski definition) is 5. The van der Waals surface area contributed by atoms with Crippen molar-refractivity contribution in [1.29, 1.82) is 0 Å². The normalized spacial score (nSPS) is 19.0. The fourth-order valence-corrected chi connectivity index (χ4v) is 3.82. The van der Waals surface area contributed by atoms with Gasteiger partial charge in [-0.15, -0.1) is 0 Å². The summed E-state index contributed by atoms with van der Waals surface area (Å²) < 4.78 is 0. The minimum atomic E-state index is -1.10. The van der Waals surface area contributed by atoms with E-state index >= 15 is 0 Å². The molecule has 184 valence electrons. The molecule has 1 saturated heterocycles. The average molecular weight is 455 g/mol. The molecule has 3 amide bonds. The molecule has 0 aromatic carbocycles. The van der Waals surface area contributed by atoms with Gasteiger partial charge in [0, 0.05) is 0 Å². The first-order valence-corrected chi connectivity index (χ1v) is 11.8. The zero-order valence-electron chi connectivity index (χ0n) is 20.4. The van der Waals surface area contributed by atoms with Crippen molar-refractivity contribution >= 4 is 23.7 Å². The van der Waals surface area contributed by atoms with E-state index in [1.54, 1.807) is 0 Å². The molecule has 1 fully saturated rings. The first kappa shape index (κ1) is 27.9. The van der Waals surface area contributed by atoms with Gasteiger partial charge < -0.3 is 26.4 Å². The number of rotatable bonds is 13. The fraction of sp³-hybridized carbons (Fsp3) is 0.826. The van der Waals surface area contributed by atoms with Crippen LogP contribution in [0.2, 0.25) is 0 Å². The predicted molar refractivity (Wildman–Crippen MR) is 123 cm³/mol. The van der Waals surface area contributed by atoms with Crippen LogP contribution in [0.5, 0.6) is 0 Å². The highest BCUT2D eigenvalue weighted by Crippen LogP contribution is 2.12. The molecule has 5 N–H and O–H groups in total. The summed E-state index contributed by atoms with van der Waals surface area (Å²) in [6.07, 6.45) is 2.73. The number of hydrogen-bond donors (Lipinski definition) is 5. The first-order valence-electron chi connectivity index (χ1n) is 11.8. The molecule has 0 aromatic heterocycles. The third-order valence-corrected chi connectivity index (χ3v) is 5.38. The van der Waals surface area contributed by atoms with Crippen LogP contribution in [-0.2, 0) is 19.2 Å². The van der Waals surface area contributed by atoms with Crippen molar-refractivity contribution in [3.05, 3.63) is 0 Å².